The van der Waals surface area contributed by atoms with Crippen LogP contribution in [0.4, 0.5) is 4.79 Å². The van der Waals surface area contributed by atoms with E-state index in [2.05, 4.69) is 28.5 Å². The SMILES string of the molecule is CCNC(=O)N(CCOC)CC(=O)N(CCc1c[nH]c2ccccc12)Cc1ccc(C)cc1. The van der Waals surface area contributed by atoms with E-state index < -0.39 is 0 Å². The molecule has 0 aliphatic heterocycles. The number of carbonyl (C=O) groups is 2. The van der Waals surface area contributed by atoms with Gasteiger partial charge in [-0.1, -0.05) is 48.0 Å². The first kappa shape index (κ1) is 24.3. The lowest BCUT2D eigenvalue weighted by Crippen LogP contribution is -2.48. The summed E-state index contributed by atoms with van der Waals surface area (Å²) in [7, 11) is 1.59. The average Bonchev–Trinajstić information content (AvgIpc) is 3.23. The summed E-state index contributed by atoms with van der Waals surface area (Å²) in [5.74, 6) is -0.0854. The van der Waals surface area contributed by atoms with Crippen molar-refractivity contribution < 1.29 is 14.3 Å². The number of aryl methyl sites for hydroxylation is 1. The first-order valence-corrected chi connectivity index (χ1v) is 11.4. The number of urea groups is 1. The molecule has 0 radical (unpaired) electrons. The van der Waals surface area contributed by atoms with Crippen LogP contribution in [0.1, 0.15) is 23.6 Å². The van der Waals surface area contributed by atoms with Crippen LogP contribution in [-0.2, 0) is 22.5 Å². The van der Waals surface area contributed by atoms with Gasteiger partial charge in [0.05, 0.1) is 6.61 Å². The van der Waals surface area contributed by atoms with E-state index in [0.29, 0.717) is 32.8 Å². The second-order valence-electron chi connectivity index (χ2n) is 8.16. The molecule has 0 aliphatic rings. The third kappa shape index (κ3) is 6.83. The smallest absolute Gasteiger partial charge is 0.317 e. The summed E-state index contributed by atoms with van der Waals surface area (Å²) in [5, 5.41) is 3.96. The Balaban J connectivity index is 1.76. The summed E-state index contributed by atoms with van der Waals surface area (Å²) in [6, 6.07) is 16.1. The summed E-state index contributed by atoms with van der Waals surface area (Å²) in [5.41, 5.74) is 4.50. The van der Waals surface area contributed by atoms with E-state index in [0.717, 1.165) is 17.5 Å². The monoisotopic (exact) mass is 450 g/mol. The molecule has 0 unspecified atom stereocenters. The fraction of sp³-hybridized carbons (Fsp3) is 0.385. The van der Waals surface area contributed by atoms with Gasteiger partial charge < -0.3 is 24.8 Å². The Morgan fingerprint density at radius 2 is 1.79 bits per heavy atom. The van der Waals surface area contributed by atoms with Crippen LogP contribution in [-0.4, -0.2) is 66.6 Å². The van der Waals surface area contributed by atoms with E-state index in [-0.39, 0.29) is 18.5 Å². The van der Waals surface area contributed by atoms with Crippen LogP contribution in [0.3, 0.4) is 0 Å². The molecular weight excluding hydrogens is 416 g/mol. The van der Waals surface area contributed by atoms with Crippen molar-refractivity contribution in [2.75, 3.05) is 39.9 Å². The van der Waals surface area contributed by atoms with Crippen molar-refractivity contribution in [2.24, 2.45) is 0 Å². The Morgan fingerprint density at radius 1 is 1.03 bits per heavy atom. The van der Waals surface area contributed by atoms with Gasteiger partial charge in [-0.2, -0.15) is 0 Å². The molecule has 1 aromatic heterocycles. The van der Waals surface area contributed by atoms with Crippen molar-refractivity contribution in [3.05, 3.63) is 71.4 Å². The topological polar surface area (TPSA) is 77.7 Å². The van der Waals surface area contributed by atoms with Gasteiger partial charge in [0, 0.05) is 50.4 Å². The van der Waals surface area contributed by atoms with Crippen molar-refractivity contribution in [1.29, 1.82) is 0 Å². The van der Waals surface area contributed by atoms with Crippen LogP contribution in [0.15, 0.2) is 54.7 Å². The molecule has 2 N–H and O–H groups in total. The standard InChI is InChI=1S/C26H34N4O3/c1-4-27-26(32)30(15-16-33-3)19-25(31)29(18-21-11-9-20(2)10-12-21)14-13-22-17-28-24-8-6-5-7-23(22)24/h5-12,17,28H,4,13-16,18-19H2,1-3H3,(H,27,32). The van der Waals surface area contributed by atoms with Crippen molar-refractivity contribution in [3.8, 4) is 0 Å². The van der Waals surface area contributed by atoms with Crippen LogP contribution in [0.2, 0.25) is 0 Å². The van der Waals surface area contributed by atoms with Crippen molar-refractivity contribution in [2.45, 2.75) is 26.8 Å². The lowest BCUT2D eigenvalue weighted by atomic mass is 10.1. The molecule has 3 rings (SSSR count). The molecule has 176 valence electrons. The first-order chi connectivity index (χ1) is 16.0. The third-order valence-corrected chi connectivity index (χ3v) is 5.68. The largest absolute Gasteiger partial charge is 0.383 e. The van der Waals surface area contributed by atoms with Gasteiger partial charge in [-0.3, -0.25) is 4.79 Å². The third-order valence-electron chi connectivity index (χ3n) is 5.68. The molecule has 0 saturated heterocycles. The number of aromatic nitrogens is 1. The quantitative estimate of drug-likeness (QED) is 0.467. The predicted octanol–water partition coefficient (Wildman–Crippen LogP) is 3.73. The molecule has 1 heterocycles. The van der Waals surface area contributed by atoms with Gasteiger partial charge in [0.25, 0.3) is 0 Å². The molecule has 7 heteroatoms. The van der Waals surface area contributed by atoms with E-state index in [1.807, 2.05) is 55.3 Å². The zero-order chi connectivity index (χ0) is 23.6. The number of para-hydroxylation sites is 1. The minimum atomic E-state index is -0.255. The molecule has 33 heavy (non-hydrogen) atoms. The molecule has 0 saturated carbocycles. The van der Waals surface area contributed by atoms with E-state index in [4.69, 9.17) is 4.74 Å². The van der Waals surface area contributed by atoms with Gasteiger partial charge in [-0.25, -0.2) is 4.79 Å². The number of ether oxygens (including phenoxy) is 1. The molecule has 7 nitrogen and oxygen atoms in total. The van der Waals surface area contributed by atoms with E-state index in [1.54, 1.807) is 7.11 Å². The molecule has 0 fully saturated rings. The number of rotatable bonds is 11. The van der Waals surface area contributed by atoms with Crippen LogP contribution >= 0.6 is 0 Å². The number of amides is 3. The zero-order valence-electron chi connectivity index (χ0n) is 19.8. The zero-order valence-corrected chi connectivity index (χ0v) is 19.8. The van der Waals surface area contributed by atoms with Crippen molar-refractivity contribution >= 4 is 22.8 Å². The summed E-state index contributed by atoms with van der Waals surface area (Å²) < 4.78 is 5.14. The van der Waals surface area contributed by atoms with Crippen molar-refractivity contribution in [1.82, 2.24) is 20.1 Å². The summed E-state index contributed by atoms with van der Waals surface area (Å²) in [6.07, 6.45) is 2.74. The minimum Gasteiger partial charge on any atom is -0.383 e. The van der Waals surface area contributed by atoms with Crippen molar-refractivity contribution in [3.63, 3.8) is 0 Å². The molecule has 0 aliphatic carbocycles. The van der Waals surface area contributed by atoms with Gasteiger partial charge in [0.1, 0.15) is 6.54 Å². The number of hydrogen-bond acceptors (Lipinski definition) is 3. The minimum absolute atomic E-state index is 0.00887. The highest BCUT2D eigenvalue weighted by molar-refractivity contribution is 5.85. The molecule has 0 atom stereocenters. The number of benzene rings is 2. The summed E-state index contributed by atoms with van der Waals surface area (Å²) in [4.78, 5) is 32.5. The fourth-order valence-corrected chi connectivity index (χ4v) is 3.78. The molecule has 2 aromatic carbocycles. The Morgan fingerprint density at radius 3 is 2.52 bits per heavy atom. The second kappa shape index (κ2) is 12.1. The number of nitrogens with one attached hydrogen (secondary N) is 2. The van der Waals surface area contributed by atoms with E-state index in [9.17, 15) is 9.59 Å². The van der Waals surface area contributed by atoms with Crippen LogP contribution in [0.5, 0.6) is 0 Å². The number of methoxy groups -OCH3 is 1. The molecule has 3 aromatic rings. The van der Waals surface area contributed by atoms with E-state index in [1.165, 1.54) is 21.4 Å². The summed E-state index contributed by atoms with van der Waals surface area (Å²) >= 11 is 0. The highest BCUT2D eigenvalue weighted by Crippen LogP contribution is 2.19. The van der Waals surface area contributed by atoms with Crippen LogP contribution in [0, 0.1) is 6.92 Å². The number of aromatic amines is 1. The maximum atomic E-state index is 13.4. The van der Waals surface area contributed by atoms with Gasteiger partial charge >= 0.3 is 6.03 Å². The molecular formula is C26H34N4O3. The highest BCUT2D eigenvalue weighted by Gasteiger charge is 2.21. The maximum absolute atomic E-state index is 13.4. The Bertz CT molecular complexity index is 1050. The lowest BCUT2D eigenvalue weighted by molar-refractivity contribution is -0.132. The fourth-order valence-electron chi connectivity index (χ4n) is 3.78. The number of nitrogens with zero attached hydrogens (tertiary/aromatic N) is 2. The molecule has 0 bridgehead atoms. The van der Waals surface area contributed by atoms with Gasteiger partial charge in [0.2, 0.25) is 5.91 Å². The molecule has 3 amide bonds. The van der Waals surface area contributed by atoms with Gasteiger partial charge in [0.15, 0.2) is 0 Å². The van der Waals surface area contributed by atoms with E-state index >= 15 is 0 Å². The van der Waals surface area contributed by atoms with Crippen LogP contribution < -0.4 is 5.32 Å². The molecule has 0 spiro atoms. The number of carbonyl (C=O) groups excluding carboxylic acids is 2. The number of fused-ring (bicyclic) bond motifs is 1. The average molecular weight is 451 g/mol. The second-order valence-corrected chi connectivity index (χ2v) is 8.16. The maximum Gasteiger partial charge on any atom is 0.317 e. The summed E-state index contributed by atoms with van der Waals surface area (Å²) in [6.45, 7) is 6.20. The number of H-pyrrole nitrogens is 1. The normalized spacial score (nSPS) is 10.9. The Hall–Kier alpha value is -3.32. The Labute approximate surface area is 195 Å². The Kier molecular flexibility index (Phi) is 8.89. The van der Waals surface area contributed by atoms with Crippen LogP contribution in [0.25, 0.3) is 10.9 Å². The van der Waals surface area contributed by atoms with Gasteiger partial charge in [-0.05, 0) is 37.5 Å². The lowest BCUT2D eigenvalue weighted by Gasteiger charge is -2.28. The highest BCUT2D eigenvalue weighted by atomic mass is 16.5. The first-order valence-electron chi connectivity index (χ1n) is 11.4. The predicted molar refractivity (Wildman–Crippen MR) is 131 cm³/mol. The number of hydrogen-bond donors (Lipinski definition) is 2. The van der Waals surface area contributed by atoms with Gasteiger partial charge in [-0.15, -0.1) is 0 Å².